The second-order valence-electron chi connectivity index (χ2n) is 5.48. The summed E-state index contributed by atoms with van der Waals surface area (Å²) in [6.45, 7) is 6.87. The highest BCUT2D eigenvalue weighted by atomic mass is 35.5. The van der Waals surface area contributed by atoms with Gasteiger partial charge in [-0.3, -0.25) is 4.79 Å². The lowest BCUT2D eigenvalue weighted by molar-refractivity contribution is 0.102. The van der Waals surface area contributed by atoms with E-state index in [1.54, 1.807) is 18.2 Å². The fourth-order valence-corrected chi connectivity index (χ4v) is 2.02. The van der Waals surface area contributed by atoms with Crippen LogP contribution in [0.25, 0.3) is 0 Å². The lowest BCUT2D eigenvalue weighted by Crippen LogP contribution is -2.15. The highest BCUT2D eigenvalue weighted by Crippen LogP contribution is 2.20. The molecule has 0 saturated heterocycles. The first-order valence-electron chi connectivity index (χ1n) is 7.09. The molecule has 1 heterocycles. The van der Waals surface area contributed by atoms with Gasteiger partial charge in [0.1, 0.15) is 0 Å². The monoisotopic (exact) mass is 318 g/mol. The fraction of sp³-hybridized carbons (Fsp3) is 0.312. The molecular weight excluding hydrogens is 300 g/mol. The number of anilines is 2. The van der Waals surface area contributed by atoms with E-state index >= 15 is 0 Å². The largest absolute Gasteiger partial charge is 0.354 e. The number of carbonyl (C=O) groups is 1. The Labute approximate surface area is 135 Å². The zero-order valence-electron chi connectivity index (χ0n) is 12.9. The molecule has 0 bridgehead atoms. The van der Waals surface area contributed by atoms with Gasteiger partial charge in [-0.2, -0.15) is 0 Å². The van der Waals surface area contributed by atoms with Crippen molar-refractivity contribution < 1.29 is 4.79 Å². The fourth-order valence-electron chi connectivity index (χ4n) is 1.79. The van der Waals surface area contributed by atoms with Crippen LogP contribution in [0, 0.1) is 12.8 Å². The summed E-state index contributed by atoms with van der Waals surface area (Å²) in [5.74, 6) is 0.771. The Kier molecular flexibility index (Phi) is 5.33. The number of aryl methyl sites for hydroxylation is 1. The number of nitrogens with one attached hydrogen (secondary N) is 2. The Balaban J connectivity index is 2.03. The summed E-state index contributed by atoms with van der Waals surface area (Å²) in [4.78, 5) is 20.5. The zero-order chi connectivity index (χ0) is 16.1. The van der Waals surface area contributed by atoms with Gasteiger partial charge in [-0.25, -0.2) is 9.97 Å². The predicted molar refractivity (Wildman–Crippen MR) is 89.5 cm³/mol. The maximum absolute atomic E-state index is 12.2. The number of carbonyl (C=O) groups excluding carboxylic acids is 1. The molecule has 1 aromatic heterocycles. The first-order chi connectivity index (χ1) is 10.5. The summed E-state index contributed by atoms with van der Waals surface area (Å²) < 4.78 is 0. The molecule has 2 rings (SSSR count). The van der Waals surface area contributed by atoms with Gasteiger partial charge in [0.2, 0.25) is 5.95 Å². The van der Waals surface area contributed by atoms with Crippen LogP contribution in [0.2, 0.25) is 5.02 Å². The zero-order valence-corrected chi connectivity index (χ0v) is 13.6. The van der Waals surface area contributed by atoms with Crippen molar-refractivity contribution in [3.05, 3.63) is 46.7 Å². The molecule has 0 aliphatic heterocycles. The van der Waals surface area contributed by atoms with E-state index in [0.29, 0.717) is 22.5 Å². The molecule has 0 fully saturated rings. The van der Waals surface area contributed by atoms with Crippen molar-refractivity contribution in [1.29, 1.82) is 0 Å². The minimum absolute atomic E-state index is 0.249. The Morgan fingerprint density at radius 2 is 1.95 bits per heavy atom. The second-order valence-corrected chi connectivity index (χ2v) is 5.92. The molecule has 6 heteroatoms. The Hall–Kier alpha value is -2.14. The quantitative estimate of drug-likeness (QED) is 0.881. The molecule has 0 atom stereocenters. The summed E-state index contributed by atoms with van der Waals surface area (Å²) in [7, 11) is 0. The first-order valence-corrected chi connectivity index (χ1v) is 7.47. The van der Waals surface area contributed by atoms with Gasteiger partial charge < -0.3 is 10.6 Å². The van der Waals surface area contributed by atoms with Crippen LogP contribution in [0.1, 0.15) is 29.8 Å². The molecule has 2 aromatic rings. The van der Waals surface area contributed by atoms with Gasteiger partial charge in [0.25, 0.3) is 5.91 Å². The third-order valence-corrected chi connectivity index (χ3v) is 3.25. The van der Waals surface area contributed by atoms with Crippen molar-refractivity contribution in [3.8, 4) is 0 Å². The maximum Gasteiger partial charge on any atom is 0.258 e. The van der Waals surface area contributed by atoms with Gasteiger partial charge in [-0.05, 0) is 36.6 Å². The van der Waals surface area contributed by atoms with Gasteiger partial charge in [0.15, 0.2) is 0 Å². The van der Waals surface area contributed by atoms with Gasteiger partial charge in [-0.15, -0.1) is 0 Å². The second kappa shape index (κ2) is 7.22. The van der Waals surface area contributed by atoms with Crippen molar-refractivity contribution in [3.63, 3.8) is 0 Å². The van der Waals surface area contributed by atoms with Crippen LogP contribution in [-0.2, 0) is 0 Å². The van der Waals surface area contributed by atoms with Gasteiger partial charge >= 0.3 is 0 Å². The van der Waals surface area contributed by atoms with Crippen LogP contribution in [-0.4, -0.2) is 22.4 Å². The third-order valence-electron chi connectivity index (χ3n) is 3.02. The number of benzene rings is 1. The SMILES string of the molecule is Cc1cc(Cl)ccc1NC(=O)c1cnc(NCC(C)C)nc1. The van der Waals surface area contributed by atoms with Gasteiger partial charge in [0, 0.05) is 29.6 Å². The highest BCUT2D eigenvalue weighted by molar-refractivity contribution is 6.30. The normalized spacial score (nSPS) is 10.6. The number of halogens is 1. The number of aromatic nitrogens is 2. The van der Waals surface area contributed by atoms with E-state index in [4.69, 9.17) is 11.6 Å². The van der Waals surface area contributed by atoms with Crippen molar-refractivity contribution in [2.75, 3.05) is 17.2 Å². The molecule has 0 aliphatic rings. The molecule has 0 aliphatic carbocycles. The molecule has 5 nitrogen and oxygen atoms in total. The van der Waals surface area contributed by atoms with Crippen molar-refractivity contribution >= 4 is 29.1 Å². The smallest absolute Gasteiger partial charge is 0.258 e. The summed E-state index contributed by atoms with van der Waals surface area (Å²) in [5.41, 5.74) is 2.03. The molecule has 116 valence electrons. The number of amides is 1. The number of hydrogen-bond acceptors (Lipinski definition) is 4. The average molecular weight is 319 g/mol. The predicted octanol–water partition coefficient (Wildman–Crippen LogP) is 3.76. The maximum atomic E-state index is 12.2. The lowest BCUT2D eigenvalue weighted by atomic mass is 10.2. The van der Waals surface area contributed by atoms with Crippen molar-refractivity contribution in [2.45, 2.75) is 20.8 Å². The molecule has 1 amide bonds. The molecule has 22 heavy (non-hydrogen) atoms. The minimum atomic E-state index is -0.249. The van der Waals surface area contributed by atoms with Crippen LogP contribution in [0.5, 0.6) is 0 Å². The molecule has 0 radical (unpaired) electrons. The number of rotatable bonds is 5. The summed E-state index contributed by atoms with van der Waals surface area (Å²) in [6.07, 6.45) is 3.02. The Morgan fingerprint density at radius 1 is 1.27 bits per heavy atom. The highest BCUT2D eigenvalue weighted by Gasteiger charge is 2.09. The Bertz CT molecular complexity index is 656. The number of nitrogens with zero attached hydrogens (tertiary/aromatic N) is 2. The standard InChI is InChI=1S/C16H19ClN4O/c1-10(2)7-18-16-19-8-12(9-20-16)15(22)21-14-5-4-13(17)6-11(14)3/h4-6,8-10H,7H2,1-3H3,(H,21,22)(H,18,19,20). The van der Waals surface area contributed by atoms with E-state index in [2.05, 4.69) is 34.4 Å². The van der Waals surface area contributed by atoms with E-state index in [9.17, 15) is 4.79 Å². The van der Waals surface area contributed by atoms with Crippen LogP contribution in [0.3, 0.4) is 0 Å². The minimum Gasteiger partial charge on any atom is -0.354 e. The van der Waals surface area contributed by atoms with Crippen LogP contribution >= 0.6 is 11.6 Å². The molecule has 1 aromatic carbocycles. The Morgan fingerprint density at radius 3 is 2.55 bits per heavy atom. The van der Waals surface area contributed by atoms with E-state index in [1.165, 1.54) is 12.4 Å². The van der Waals surface area contributed by atoms with E-state index in [-0.39, 0.29) is 5.91 Å². The van der Waals surface area contributed by atoms with Crippen LogP contribution in [0.4, 0.5) is 11.6 Å². The lowest BCUT2D eigenvalue weighted by Gasteiger charge is -2.09. The third kappa shape index (κ3) is 4.43. The van der Waals surface area contributed by atoms with Gasteiger partial charge in [0.05, 0.1) is 5.56 Å². The molecule has 0 unspecified atom stereocenters. The molecule has 0 saturated carbocycles. The summed E-state index contributed by atoms with van der Waals surface area (Å²) >= 11 is 5.90. The first kappa shape index (κ1) is 16.2. The summed E-state index contributed by atoms with van der Waals surface area (Å²) in [6, 6.07) is 5.31. The van der Waals surface area contributed by atoms with Crippen LogP contribution < -0.4 is 10.6 Å². The molecular formula is C16H19ClN4O. The summed E-state index contributed by atoms with van der Waals surface area (Å²) in [5, 5.41) is 6.57. The topological polar surface area (TPSA) is 66.9 Å². The van der Waals surface area contributed by atoms with E-state index in [1.807, 2.05) is 6.92 Å². The van der Waals surface area contributed by atoms with Crippen molar-refractivity contribution in [1.82, 2.24) is 9.97 Å². The molecule has 0 spiro atoms. The van der Waals surface area contributed by atoms with Crippen LogP contribution in [0.15, 0.2) is 30.6 Å². The average Bonchev–Trinajstić information content (AvgIpc) is 2.48. The van der Waals surface area contributed by atoms with E-state index < -0.39 is 0 Å². The molecule has 2 N–H and O–H groups in total. The number of hydrogen-bond donors (Lipinski definition) is 2. The van der Waals surface area contributed by atoms with Crippen molar-refractivity contribution in [2.24, 2.45) is 5.92 Å². The van der Waals surface area contributed by atoms with E-state index in [0.717, 1.165) is 17.8 Å². The van der Waals surface area contributed by atoms with Gasteiger partial charge in [-0.1, -0.05) is 25.4 Å².